The highest BCUT2D eigenvalue weighted by Gasteiger charge is 2.27. The van der Waals surface area contributed by atoms with Gasteiger partial charge >= 0.3 is 0 Å². The fraction of sp³-hybridized carbons (Fsp3) is 0.333. The summed E-state index contributed by atoms with van der Waals surface area (Å²) in [5.41, 5.74) is 2.28. The lowest BCUT2D eigenvalue weighted by Crippen LogP contribution is -2.36. The molecule has 0 radical (unpaired) electrons. The van der Waals surface area contributed by atoms with Crippen LogP contribution in [0.3, 0.4) is 0 Å². The lowest BCUT2D eigenvalue weighted by atomic mass is 10.0. The largest absolute Gasteiger partial charge is 0.285 e. The van der Waals surface area contributed by atoms with Crippen LogP contribution in [0.2, 0.25) is 0 Å². The summed E-state index contributed by atoms with van der Waals surface area (Å²) >= 11 is 0. The van der Waals surface area contributed by atoms with E-state index < -0.39 is 10.1 Å². The summed E-state index contributed by atoms with van der Waals surface area (Å²) in [7, 11) is -3.68. The number of hydrogen-bond acceptors (Lipinski definition) is 6. The molecular weight excluding hydrogens is 318 g/mol. The van der Waals surface area contributed by atoms with Gasteiger partial charge in [0.2, 0.25) is 0 Å². The zero-order valence-corrected chi connectivity index (χ0v) is 13.5. The number of aromatic amines is 1. The Bertz CT molecular complexity index is 862. The summed E-state index contributed by atoms with van der Waals surface area (Å²) in [5.74, 6) is 0. The molecule has 1 aliphatic rings. The molecule has 0 saturated carbocycles. The maximum Gasteiger partial charge on any atom is 0.285 e. The summed E-state index contributed by atoms with van der Waals surface area (Å²) in [6.07, 6.45) is 2.67. The molecular formula is C15H17N3O4S. The molecule has 0 unspecified atom stereocenters. The minimum Gasteiger partial charge on any atom is -0.268 e. The number of H-pyrrole nitrogens is 1. The maximum absolute atomic E-state index is 12.0. The van der Waals surface area contributed by atoms with Gasteiger partial charge in [-0.25, -0.2) is 10.2 Å². The fourth-order valence-corrected chi connectivity index (χ4v) is 3.18. The van der Waals surface area contributed by atoms with Crippen LogP contribution in [-0.2, 0) is 27.2 Å². The van der Waals surface area contributed by atoms with Gasteiger partial charge < -0.3 is 0 Å². The van der Waals surface area contributed by atoms with Crippen molar-refractivity contribution in [1.82, 2.24) is 10.2 Å². The predicted molar refractivity (Wildman–Crippen MR) is 85.7 cm³/mol. The third-order valence-electron chi connectivity index (χ3n) is 3.60. The van der Waals surface area contributed by atoms with Crippen LogP contribution in [0.15, 0.2) is 35.1 Å². The number of nitrogens with zero attached hydrogens (tertiary/aromatic N) is 2. The monoisotopic (exact) mass is 335 g/mol. The van der Waals surface area contributed by atoms with E-state index in [4.69, 9.17) is 4.28 Å². The molecule has 1 aromatic heterocycles. The molecule has 8 heteroatoms. The molecule has 2 heterocycles. The summed E-state index contributed by atoms with van der Waals surface area (Å²) < 4.78 is 28.0. The van der Waals surface area contributed by atoms with Crippen molar-refractivity contribution in [2.45, 2.75) is 19.3 Å². The first-order chi connectivity index (χ1) is 10.9. The Balaban J connectivity index is 2.06. The van der Waals surface area contributed by atoms with Crippen LogP contribution in [0.25, 0.3) is 0 Å². The summed E-state index contributed by atoms with van der Waals surface area (Å²) in [6.45, 7) is 0.396. The number of aromatic nitrogens is 2. The maximum atomic E-state index is 12.0. The smallest absolute Gasteiger partial charge is 0.268 e. The molecule has 0 fully saturated rings. The number of rotatable bonds is 4. The van der Waals surface area contributed by atoms with E-state index in [0.29, 0.717) is 42.8 Å². The zero-order chi connectivity index (χ0) is 16.4. The summed E-state index contributed by atoms with van der Waals surface area (Å²) in [4.78, 5) is 12.0. The van der Waals surface area contributed by atoms with E-state index in [2.05, 4.69) is 10.2 Å². The number of fused-ring (bicyclic) bond motifs is 1. The normalized spacial score (nSPS) is 14.6. The van der Waals surface area contributed by atoms with E-state index in [-0.39, 0.29) is 5.56 Å². The Morgan fingerprint density at radius 1 is 1.30 bits per heavy atom. The lowest BCUT2D eigenvalue weighted by molar-refractivity contribution is 0.276. The Labute approximate surface area is 134 Å². The average Bonchev–Trinajstić information content (AvgIpc) is 2.50. The zero-order valence-electron chi connectivity index (χ0n) is 12.7. The van der Waals surface area contributed by atoms with Crippen LogP contribution in [0.5, 0.6) is 0 Å². The Kier molecular flexibility index (Phi) is 4.18. The second-order valence-corrected chi connectivity index (χ2v) is 7.03. The third-order valence-corrected chi connectivity index (χ3v) is 4.05. The van der Waals surface area contributed by atoms with E-state index in [9.17, 15) is 13.2 Å². The highest BCUT2D eigenvalue weighted by Crippen LogP contribution is 2.29. The van der Waals surface area contributed by atoms with E-state index in [1.807, 2.05) is 30.3 Å². The number of hydrogen-bond donors (Lipinski definition) is 1. The van der Waals surface area contributed by atoms with Crippen molar-refractivity contribution in [2.75, 3.05) is 17.9 Å². The van der Waals surface area contributed by atoms with Crippen molar-refractivity contribution in [3.05, 3.63) is 57.5 Å². The molecule has 0 saturated heterocycles. The Morgan fingerprint density at radius 2 is 2.04 bits per heavy atom. The molecule has 1 aromatic carbocycles. The molecule has 2 aromatic rings. The minimum atomic E-state index is -3.68. The van der Waals surface area contributed by atoms with Gasteiger partial charge in [0, 0.05) is 18.5 Å². The van der Waals surface area contributed by atoms with E-state index in [1.165, 1.54) is 5.06 Å². The van der Waals surface area contributed by atoms with E-state index in [1.54, 1.807) is 0 Å². The molecule has 1 aliphatic heterocycles. The second kappa shape index (κ2) is 6.13. The molecule has 1 N–H and O–H groups in total. The van der Waals surface area contributed by atoms with Crippen LogP contribution < -0.4 is 10.6 Å². The van der Waals surface area contributed by atoms with Crippen LogP contribution >= 0.6 is 0 Å². The summed E-state index contributed by atoms with van der Waals surface area (Å²) in [5, 5.41) is 7.88. The number of anilines is 1. The van der Waals surface area contributed by atoms with Gasteiger partial charge in [0.05, 0.1) is 17.6 Å². The van der Waals surface area contributed by atoms with Gasteiger partial charge in [0.15, 0.2) is 0 Å². The average molecular weight is 335 g/mol. The molecule has 122 valence electrons. The number of hydroxylamine groups is 1. The molecule has 0 aliphatic carbocycles. The third kappa shape index (κ3) is 3.59. The molecule has 0 bridgehead atoms. The van der Waals surface area contributed by atoms with Crippen molar-refractivity contribution in [3.8, 4) is 0 Å². The van der Waals surface area contributed by atoms with Gasteiger partial charge in [-0.3, -0.25) is 4.79 Å². The van der Waals surface area contributed by atoms with Crippen LogP contribution in [0, 0.1) is 0 Å². The summed E-state index contributed by atoms with van der Waals surface area (Å²) in [6, 6.07) is 9.64. The van der Waals surface area contributed by atoms with Gasteiger partial charge in [0.25, 0.3) is 15.7 Å². The first-order valence-corrected chi connectivity index (χ1v) is 9.07. The topological polar surface area (TPSA) is 92.4 Å². The molecule has 0 amide bonds. The standard InChI is InChI=1S/C15H17N3O4S/c1-23(20,21)22-18-9-5-8-12-14(18)13(16-17-15(12)19)10-11-6-3-2-4-7-11/h2-4,6-7H,5,8-10H2,1H3,(H,17,19). The van der Waals surface area contributed by atoms with Gasteiger partial charge in [-0.15, -0.1) is 4.28 Å². The van der Waals surface area contributed by atoms with Crippen LogP contribution in [-0.4, -0.2) is 31.4 Å². The Morgan fingerprint density at radius 3 is 2.74 bits per heavy atom. The van der Waals surface area contributed by atoms with Crippen molar-refractivity contribution >= 4 is 15.8 Å². The van der Waals surface area contributed by atoms with E-state index in [0.717, 1.165) is 11.8 Å². The highest BCUT2D eigenvalue weighted by atomic mass is 32.2. The minimum absolute atomic E-state index is 0.307. The van der Waals surface area contributed by atoms with Gasteiger partial charge in [0.1, 0.15) is 0 Å². The SMILES string of the molecule is CS(=O)(=O)ON1CCCc2c1c(Cc1ccccc1)n[nH]c2=O. The van der Waals surface area contributed by atoms with Gasteiger partial charge in [-0.05, 0) is 18.4 Å². The molecule has 0 spiro atoms. The van der Waals surface area contributed by atoms with Crippen molar-refractivity contribution in [3.63, 3.8) is 0 Å². The van der Waals surface area contributed by atoms with Gasteiger partial charge in [-0.2, -0.15) is 13.5 Å². The van der Waals surface area contributed by atoms with E-state index >= 15 is 0 Å². The quantitative estimate of drug-likeness (QED) is 0.896. The van der Waals surface area contributed by atoms with Crippen molar-refractivity contribution in [2.24, 2.45) is 0 Å². The van der Waals surface area contributed by atoms with Crippen molar-refractivity contribution < 1.29 is 12.7 Å². The first-order valence-electron chi connectivity index (χ1n) is 7.25. The van der Waals surface area contributed by atoms with Gasteiger partial charge in [-0.1, -0.05) is 30.3 Å². The Hall–Kier alpha value is -2.19. The number of nitrogens with one attached hydrogen (secondary N) is 1. The molecule has 23 heavy (non-hydrogen) atoms. The molecule has 7 nitrogen and oxygen atoms in total. The predicted octanol–water partition coefficient (Wildman–Crippen LogP) is 1.00. The first kappa shape index (κ1) is 15.7. The second-order valence-electron chi connectivity index (χ2n) is 5.47. The molecule has 0 atom stereocenters. The van der Waals surface area contributed by atoms with Crippen LogP contribution in [0.4, 0.5) is 5.69 Å². The van der Waals surface area contributed by atoms with Crippen LogP contribution in [0.1, 0.15) is 23.2 Å². The van der Waals surface area contributed by atoms with Crippen molar-refractivity contribution in [1.29, 1.82) is 0 Å². The number of benzene rings is 1. The fourth-order valence-electron chi connectivity index (χ4n) is 2.71. The lowest BCUT2D eigenvalue weighted by Gasteiger charge is -2.29. The molecule has 3 rings (SSSR count). The highest BCUT2D eigenvalue weighted by molar-refractivity contribution is 7.86.